The van der Waals surface area contributed by atoms with Crippen molar-refractivity contribution < 1.29 is 49.2 Å². The van der Waals surface area contributed by atoms with E-state index in [0.29, 0.717) is 5.56 Å². The number of carbonyl (C=O) groups excluding carboxylic acids is 3. The minimum atomic E-state index is -1.51. The van der Waals surface area contributed by atoms with Crippen LogP contribution in [0.4, 0.5) is 0 Å². The number of aliphatic carboxylic acids is 3. The number of nitrogens with one attached hydrogen (secondary N) is 3. The first-order chi connectivity index (χ1) is 18.2. The van der Waals surface area contributed by atoms with Crippen molar-refractivity contribution in [3.05, 3.63) is 29.8 Å². The fraction of sp³-hybridized carbons (Fsp3) is 0.520. The molecule has 14 nitrogen and oxygen atoms in total. The molecule has 1 rings (SSSR count). The molecule has 9 N–H and O–H groups in total. The van der Waals surface area contributed by atoms with Crippen molar-refractivity contribution in [2.45, 2.75) is 76.5 Å². The molecule has 0 aliphatic carbocycles. The van der Waals surface area contributed by atoms with Crippen LogP contribution in [0.3, 0.4) is 0 Å². The van der Waals surface area contributed by atoms with Crippen LogP contribution in [0.1, 0.15) is 51.5 Å². The number of carboxylic acid groups (broad SMARTS) is 3. The molecule has 1 aromatic carbocycles. The molecule has 0 aliphatic rings. The van der Waals surface area contributed by atoms with E-state index in [1.165, 1.54) is 12.1 Å². The molecule has 0 spiro atoms. The van der Waals surface area contributed by atoms with E-state index < -0.39 is 72.6 Å². The van der Waals surface area contributed by atoms with E-state index in [1.54, 1.807) is 26.0 Å². The molecule has 39 heavy (non-hydrogen) atoms. The largest absolute Gasteiger partial charge is 0.508 e. The zero-order valence-corrected chi connectivity index (χ0v) is 21.8. The first kappa shape index (κ1) is 32.8. The lowest BCUT2D eigenvalue weighted by Crippen LogP contribution is -2.57. The highest BCUT2D eigenvalue weighted by molar-refractivity contribution is 5.94. The molecular weight excluding hydrogens is 516 g/mol. The zero-order chi connectivity index (χ0) is 29.7. The lowest BCUT2D eigenvalue weighted by atomic mass is 10.0. The van der Waals surface area contributed by atoms with E-state index in [9.17, 15) is 39.0 Å². The van der Waals surface area contributed by atoms with Gasteiger partial charge in [-0.1, -0.05) is 26.0 Å². The van der Waals surface area contributed by atoms with Crippen molar-refractivity contribution in [1.82, 2.24) is 16.0 Å². The highest BCUT2D eigenvalue weighted by Gasteiger charge is 2.31. The molecule has 0 saturated heterocycles. The van der Waals surface area contributed by atoms with E-state index >= 15 is 0 Å². The number of carbonyl (C=O) groups is 6. The SMILES string of the molecule is CC(C)CC(NC(=O)C(CCC(=O)O)NC(=O)C(N)Cc1ccc(O)cc1)C(=O)NC(CCC(=O)O)C(=O)O. The molecule has 0 aromatic heterocycles. The Morgan fingerprint density at radius 2 is 1.21 bits per heavy atom. The maximum absolute atomic E-state index is 13.1. The van der Waals surface area contributed by atoms with Crippen LogP contribution in [0, 0.1) is 5.92 Å². The van der Waals surface area contributed by atoms with Gasteiger partial charge in [-0.2, -0.15) is 0 Å². The second-order valence-corrected chi connectivity index (χ2v) is 9.49. The smallest absolute Gasteiger partial charge is 0.326 e. The van der Waals surface area contributed by atoms with Crippen molar-refractivity contribution in [3.8, 4) is 5.75 Å². The summed E-state index contributed by atoms with van der Waals surface area (Å²) < 4.78 is 0. The zero-order valence-electron chi connectivity index (χ0n) is 21.8. The van der Waals surface area contributed by atoms with Crippen LogP contribution < -0.4 is 21.7 Å². The second kappa shape index (κ2) is 15.9. The highest BCUT2D eigenvalue weighted by Crippen LogP contribution is 2.12. The number of rotatable bonds is 17. The van der Waals surface area contributed by atoms with Gasteiger partial charge in [-0.05, 0) is 49.3 Å². The summed E-state index contributed by atoms with van der Waals surface area (Å²) in [6.45, 7) is 3.50. The summed E-state index contributed by atoms with van der Waals surface area (Å²) in [7, 11) is 0. The summed E-state index contributed by atoms with van der Waals surface area (Å²) in [5.41, 5.74) is 6.59. The summed E-state index contributed by atoms with van der Waals surface area (Å²) >= 11 is 0. The van der Waals surface area contributed by atoms with Gasteiger partial charge in [0.2, 0.25) is 17.7 Å². The van der Waals surface area contributed by atoms with Crippen molar-refractivity contribution in [2.75, 3.05) is 0 Å². The summed E-state index contributed by atoms with van der Waals surface area (Å²) in [4.78, 5) is 72.1. The summed E-state index contributed by atoms with van der Waals surface area (Å²) in [5, 5.41) is 43.7. The first-order valence-corrected chi connectivity index (χ1v) is 12.3. The third kappa shape index (κ3) is 12.7. The van der Waals surface area contributed by atoms with Crippen molar-refractivity contribution in [2.24, 2.45) is 11.7 Å². The number of phenolic OH excluding ortho intramolecular Hbond substituents is 1. The van der Waals surface area contributed by atoms with Gasteiger partial charge in [0.1, 0.15) is 23.9 Å². The average molecular weight is 553 g/mol. The van der Waals surface area contributed by atoms with Crippen molar-refractivity contribution in [1.29, 1.82) is 0 Å². The third-order valence-electron chi connectivity index (χ3n) is 5.61. The molecule has 0 heterocycles. The number of hydrogen-bond acceptors (Lipinski definition) is 8. The standard InChI is InChI=1S/C25H36N4O10/c1-13(2)11-19(24(37)28-18(25(38)39)8-10-21(33)34)29-23(36)17(7-9-20(31)32)27-22(35)16(26)12-14-3-5-15(30)6-4-14/h3-6,13,16-19,30H,7-12,26H2,1-2H3,(H,27,35)(H,28,37)(H,29,36)(H,31,32)(H,33,34)(H,38,39). The molecule has 0 radical (unpaired) electrons. The predicted octanol–water partition coefficient (Wildman–Crippen LogP) is -0.423. The fourth-order valence-electron chi connectivity index (χ4n) is 3.57. The van der Waals surface area contributed by atoms with E-state index in [2.05, 4.69) is 16.0 Å². The van der Waals surface area contributed by atoms with Gasteiger partial charge in [-0.3, -0.25) is 24.0 Å². The van der Waals surface area contributed by atoms with Crippen LogP contribution >= 0.6 is 0 Å². The summed E-state index contributed by atoms with van der Waals surface area (Å²) in [6.07, 6.45) is -1.55. The van der Waals surface area contributed by atoms with Gasteiger partial charge in [0, 0.05) is 12.8 Å². The van der Waals surface area contributed by atoms with E-state index in [0.717, 1.165) is 0 Å². The second-order valence-electron chi connectivity index (χ2n) is 9.49. The Hall–Kier alpha value is -4.20. The minimum Gasteiger partial charge on any atom is -0.508 e. The fourth-order valence-corrected chi connectivity index (χ4v) is 3.57. The molecule has 0 saturated carbocycles. The molecule has 0 fully saturated rings. The first-order valence-electron chi connectivity index (χ1n) is 12.3. The van der Waals surface area contributed by atoms with Crippen LogP contribution in [0.25, 0.3) is 0 Å². The molecule has 14 heteroatoms. The van der Waals surface area contributed by atoms with E-state index in [-0.39, 0.29) is 37.4 Å². The Labute approximate surface area is 225 Å². The quantitative estimate of drug-likeness (QED) is 0.123. The molecule has 4 atom stereocenters. The molecular formula is C25H36N4O10. The van der Waals surface area contributed by atoms with Crippen LogP contribution in [0.5, 0.6) is 5.75 Å². The highest BCUT2D eigenvalue weighted by atomic mass is 16.4. The Kier molecular flexibility index (Phi) is 13.4. The third-order valence-corrected chi connectivity index (χ3v) is 5.61. The van der Waals surface area contributed by atoms with Gasteiger partial charge >= 0.3 is 17.9 Å². The summed E-state index contributed by atoms with van der Waals surface area (Å²) in [6, 6.07) is 0.707. The van der Waals surface area contributed by atoms with Gasteiger partial charge in [-0.15, -0.1) is 0 Å². The van der Waals surface area contributed by atoms with Crippen LogP contribution in [-0.2, 0) is 35.2 Å². The van der Waals surface area contributed by atoms with E-state index in [1.807, 2.05) is 0 Å². The van der Waals surface area contributed by atoms with Crippen LogP contribution in [0.15, 0.2) is 24.3 Å². The van der Waals surface area contributed by atoms with Gasteiger partial charge in [0.05, 0.1) is 6.04 Å². The minimum absolute atomic E-state index is 0.0266. The number of nitrogens with two attached hydrogens (primary N) is 1. The van der Waals surface area contributed by atoms with Crippen molar-refractivity contribution in [3.63, 3.8) is 0 Å². The molecule has 216 valence electrons. The molecule has 3 amide bonds. The Bertz CT molecular complexity index is 1030. The van der Waals surface area contributed by atoms with Gasteiger partial charge in [-0.25, -0.2) is 4.79 Å². The van der Waals surface area contributed by atoms with Crippen LogP contribution in [0.2, 0.25) is 0 Å². The normalized spacial score (nSPS) is 13.9. The van der Waals surface area contributed by atoms with Crippen molar-refractivity contribution >= 4 is 35.6 Å². The number of aromatic hydroxyl groups is 1. The maximum Gasteiger partial charge on any atom is 0.326 e. The molecule has 1 aromatic rings. The summed E-state index contributed by atoms with van der Waals surface area (Å²) in [5.74, 6) is -6.54. The molecule has 4 unspecified atom stereocenters. The lowest BCUT2D eigenvalue weighted by Gasteiger charge is -2.26. The predicted molar refractivity (Wildman–Crippen MR) is 136 cm³/mol. The average Bonchev–Trinajstić information content (AvgIpc) is 2.84. The van der Waals surface area contributed by atoms with Crippen LogP contribution in [-0.4, -0.2) is 80.2 Å². The molecule has 0 aliphatic heterocycles. The number of phenols is 1. The Morgan fingerprint density at radius 1 is 0.744 bits per heavy atom. The number of benzene rings is 1. The Balaban J connectivity index is 3.00. The number of carboxylic acids is 3. The maximum atomic E-state index is 13.1. The van der Waals surface area contributed by atoms with Gasteiger partial charge in [0.25, 0.3) is 0 Å². The molecule has 0 bridgehead atoms. The monoisotopic (exact) mass is 552 g/mol. The van der Waals surface area contributed by atoms with Gasteiger partial charge in [0.15, 0.2) is 0 Å². The number of hydrogen-bond donors (Lipinski definition) is 8. The number of amides is 3. The lowest BCUT2D eigenvalue weighted by molar-refractivity contribution is -0.143. The topological polar surface area (TPSA) is 245 Å². The Morgan fingerprint density at radius 3 is 1.69 bits per heavy atom. The van der Waals surface area contributed by atoms with E-state index in [4.69, 9.17) is 15.9 Å². The van der Waals surface area contributed by atoms with Gasteiger partial charge < -0.3 is 42.1 Å².